The van der Waals surface area contributed by atoms with Gasteiger partial charge in [-0.05, 0) is 38.5 Å². The van der Waals surface area contributed by atoms with Crippen molar-refractivity contribution in [1.82, 2.24) is 0 Å². The number of allylic oxidation sites excluding steroid dienone is 2. The zero-order valence-electron chi connectivity index (χ0n) is 8.18. The largest absolute Gasteiger partial charge is 0.260 e. The fraction of sp³-hybridized carbons (Fsp3) is 0.818. The SMILES string of the molecule is O=S1CCC(=C2CCCCC2)CC1. The quantitative estimate of drug-likeness (QED) is 0.547. The van der Waals surface area contributed by atoms with Gasteiger partial charge in [-0.25, -0.2) is 0 Å². The predicted octanol–water partition coefficient (Wildman–Crippen LogP) is 2.79. The molecule has 74 valence electrons. The Morgan fingerprint density at radius 2 is 1.31 bits per heavy atom. The summed E-state index contributed by atoms with van der Waals surface area (Å²) >= 11 is 0. The lowest BCUT2D eigenvalue weighted by atomic mass is 9.89. The lowest BCUT2D eigenvalue weighted by molar-refractivity contribution is 0.586. The Hall–Kier alpha value is -0.110. The van der Waals surface area contributed by atoms with E-state index in [4.69, 9.17) is 0 Å². The van der Waals surface area contributed by atoms with Crippen LogP contribution in [0.3, 0.4) is 0 Å². The van der Waals surface area contributed by atoms with Crippen LogP contribution in [-0.4, -0.2) is 15.7 Å². The molecule has 2 fully saturated rings. The van der Waals surface area contributed by atoms with Gasteiger partial charge in [0.1, 0.15) is 0 Å². The summed E-state index contributed by atoms with van der Waals surface area (Å²) in [5, 5.41) is 0. The summed E-state index contributed by atoms with van der Waals surface area (Å²) < 4.78 is 11.2. The van der Waals surface area contributed by atoms with E-state index in [0.29, 0.717) is 0 Å². The van der Waals surface area contributed by atoms with Crippen molar-refractivity contribution >= 4 is 10.8 Å². The van der Waals surface area contributed by atoms with Crippen molar-refractivity contribution in [3.8, 4) is 0 Å². The van der Waals surface area contributed by atoms with Gasteiger partial charge in [-0.3, -0.25) is 4.21 Å². The molecule has 0 amide bonds. The Morgan fingerprint density at radius 1 is 0.769 bits per heavy atom. The molecule has 0 unspecified atom stereocenters. The van der Waals surface area contributed by atoms with Crippen molar-refractivity contribution in [3.05, 3.63) is 11.1 Å². The van der Waals surface area contributed by atoms with Gasteiger partial charge in [-0.1, -0.05) is 17.6 Å². The van der Waals surface area contributed by atoms with Crippen molar-refractivity contribution in [2.24, 2.45) is 0 Å². The Morgan fingerprint density at radius 3 is 1.92 bits per heavy atom. The minimum absolute atomic E-state index is 0.500. The first-order chi connectivity index (χ1) is 6.36. The van der Waals surface area contributed by atoms with E-state index in [2.05, 4.69) is 0 Å². The van der Waals surface area contributed by atoms with Crippen LogP contribution < -0.4 is 0 Å². The maximum atomic E-state index is 11.2. The lowest BCUT2D eigenvalue weighted by Crippen LogP contribution is -2.14. The third-order valence-corrected chi connectivity index (χ3v) is 4.54. The monoisotopic (exact) mass is 198 g/mol. The van der Waals surface area contributed by atoms with Crippen LogP contribution in [0.4, 0.5) is 0 Å². The normalized spacial score (nSPS) is 30.6. The summed E-state index contributed by atoms with van der Waals surface area (Å²) in [5.74, 6) is 1.86. The van der Waals surface area contributed by atoms with Crippen LogP contribution in [-0.2, 0) is 10.8 Å². The van der Waals surface area contributed by atoms with Crippen LogP contribution in [0.15, 0.2) is 11.1 Å². The van der Waals surface area contributed by atoms with E-state index in [1.165, 1.54) is 32.1 Å². The molecule has 0 atom stereocenters. The second kappa shape index (κ2) is 4.41. The van der Waals surface area contributed by atoms with Crippen LogP contribution in [0.25, 0.3) is 0 Å². The molecule has 1 aliphatic heterocycles. The molecule has 2 heteroatoms. The summed E-state index contributed by atoms with van der Waals surface area (Å²) in [4.78, 5) is 0. The first-order valence-electron chi connectivity index (χ1n) is 5.41. The smallest absolute Gasteiger partial charge is 0.0272 e. The second-order valence-corrected chi connectivity index (χ2v) is 5.81. The van der Waals surface area contributed by atoms with Crippen molar-refractivity contribution in [2.75, 3.05) is 11.5 Å². The molecule has 1 aliphatic carbocycles. The highest BCUT2D eigenvalue weighted by Gasteiger charge is 2.16. The van der Waals surface area contributed by atoms with Crippen LogP contribution in [0.2, 0.25) is 0 Å². The molecular formula is C11H18OS. The molecule has 0 aromatic carbocycles. The fourth-order valence-electron chi connectivity index (χ4n) is 2.39. The van der Waals surface area contributed by atoms with E-state index < -0.39 is 10.8 Å². The zero-order chi connectivity index (χ0) is 9.10. The van der Waals surface area contributed by atoms with Crippen LogP contribution in [0.5, 0.6) is 0 Å². The lowest BCUT2D eigenvalue weighted by Gasteiger charge is -2.22. The summed E-state index contributed by atoms with van der Waals surface area (Å²) in [6.45, 7) is 0. The number of rotatable bonds is 0. The van der Waals surface area contributed by atoms with E-state index in [9.17, 15) is 4.21 Å². The highest BCUT2D eigenvalue weighted by Crippen LogP contribution is 2.30. The Kier molecular flexibility index (Phi) is 3.20. The molecule has 2 rings (SSSR count). The fourth-order valence-corrected chi connectivity index (χ4v) is 3.54. The van der Waals surface area contributed by atoms with Crippen LogP contribution >= 0.6 is 0 Å². The molecule has 13 heavy (non-hydrogen) atoms. The van der Waals surface area contributed by atoms with Crippen molar-refractivity contribution in [1.29, 1.82) is 0 Å². The van der Waals surface area contributed by atoms with Gasteiger partial charge in [0.05, 0.1) is 0 Å². The molecule has 1 saturated heterocycles. The van der Waals surface area contributed by atoms with Gasteiger partial charge < -0.3 is 0 Å². The molecule has 0 spiro atoms. The molecule has 2 aliphatic rings. The minimum atomic E-state index is -0.500. The van der Waals surface area contributed by atoms with Gasteiger partial charge in [-0.15, -0.1) is 0 Å². The van der Waals surface area contributed by atoms with E-state index in [-0.39, 0.29) is 0 Å². The van der Waals surface area contributed by atoms with E-state index in [1.807, 2.05) is 0 Å². The van der Waals surface area contributed by atoms with E-state index >= 15 is 0 Å². The minimum Gasteiger partial charge on any atom is -0.260 e. The van der Waals surface area contributed by atoms with Gasteiger partial charge in [0.15, 0.2) is 0 Å². The van der Waals surface area contributed by atoms with Gasteiger partial charge in [0.2, 0.25) is 0 Å². The topological polar surface area (TPSA) is 17.1 Å². The molecule has 0 aromatic rings. The highest BCUT2D eigenvalue weighted by atomic mass is 32.2. The molecule has 1 heterocycles. The van der Waals surface area contributed by atoms with Gasteiger partial charge in [0, 0.05) is 22.3 Å². The van der Waals surface area contributed by atoms with Gasteiger partial charge in [-0.2, -0.15) is 0 Å². The highest BCUT2D eigenvalue weighted by molar-refractivity contribution is 7.85. The van der Waals surface area contributed by atoms with Gasteiger partial charge in [0.25, 0.3) is 0 Å². The van der Waals surface area contributed by atoms with E-state index in [0.717, 1.165) is 24.3 Å². The maximum absolute atomic E-state index is 11.2. The third-order valence-electron chi connectivity index (χ3n) is 3.22. The summed E-state index contributed by atoms with van der Waals surface area (Å²) in [5.41, 5.74) is 3.39. The van der Waals surface area contributed by atoms with Crippen molar-refractivity contribution in [3.63, 3.8) is 0 Å². The predicted molar refractivity (Wildman–Crippen MR) is 57.2 cm³/mol. The molecule has 0 bridgehead atoms. The van der Waals surface area contributed by atoms with Crippen LogP contribution in [0.1, 0.15) is 44.9 Å². The average molecular weight is 198 g/mol. The Balaban J connectivity index is 2.01. The Labute approximate surface area is 83.1 Å². The average Bonchev–Trinajstić information content (AvgIpc) is 2.20. The van der Waals surface area contributed by atoms with Crippen LogP contribution in [0, 0.1) is 0 Å². The zero-order valence-corrected chi connectivity index (χ0v) is 9.00. The molecule has 0 aromatic heterocycles. The maximum Gasteiger partial charge on any atom is 0.0272 e. The Bertz CT molecular complexity index is 222. The third kappa shape index (κ3) is 2.43. The van der Waals surface area contributed by atoms with Gasteiger partial charge >= 0.3 is 0 Å². The summed E-state index contributed by atoms with van der Waals surface area (Å²) in [6.07, 6.45) is 9.13. The first kappa shape index (κ1) is 9.45. The van der Waals surface area contributed by atoms with Crippen molar-refractivity contribution < 1.29 is 4.21 Å². The molecule has 1 nitrogen and oxygen atoms in total. The second-order valence-electron chi connectivity index (χ2n) is 4.12. The standard InChI is InChI=1S/C11H18OS/c12-13-8-6-11(7-9-13)10-4-2-1-3-5-10/h1-9H2. The molecule has 1 saturated carbocycles. The molecular weight excluding hydrogens is 180 g/mol. The summed E-state index contributed by atoms with van der Waals surface area (Å²) in [6, 6.07) is 0. The summed E-state index contributed by atoms with van der Waals surface area (Å²) in [7, 11) is -0.500. The first-order valence-corrected chi connectivity index (χ1v) is 6.90. The van der Waals surface area contributed by atoms with E-state index in [1.54, 1.807) is 11.1 Å². The number of hydrogen-bond acceptors (Lipinski definition) is 1. The van der Waals surface area contributed by atoms with Crippen molar-refractivity contribution in [2.45, 2.75) is 44.9 Å². The molecule has 0 radical (unpaired) electrons. The number of hydrogen-bond donors (Lipinski definition) is 0. The molecule has 0 N–H and O–H groups in total.